The van der Waals surface area contributed by atoms with Crippen LogP contribution in [-0.4, -0.2) is 51.6 Å². The van der Waals surface area contributed by atoms with Crippen LogP contribution >= 0.6 is 0 Å². The Hall–Kier alpha value is -2.51. The highest BCUT2D eigenvalue weighted by atomic mass is 16.4. The molecule has 1 atom stereocenters. The van der Waals surface area contributed by atoms with E-state index in [0.29, 0.717) is 44.5 Å². The molecule has 0 aromatic carbocycles. The van der Waals surface area contributed by atoms with E-state index < -0.39 is 6.09 Å². The van der Waals surface area contributed by atoms with Crippen LogP contribution in [0.1, 0.15) is 30.4 Å². The second-order valence-electron chi connectivity index (χ2n) is 7.45. The number of carbonyl (C=O) groups is 2. The quantitative estimate of drug-likeness (QED) is 0.751. The molecule has 1 saturated heterocycles. The van der Waals surface area contributed by atoms with Crippen molar-refractivity contribution < 1.29 is 14.7 Å². The van der Waals surface area contributed by atoms with Gasteiger partial charge in [0.15, 0.2) is 0 Å². The fraction of sp³-hybridized carbons (Fsp3) is 0.588. The summed E-state index contributed by atoms with van der Waals surface area (Å²) in [7, 11) is 0. The van der Waals surface area contributed by atoms with E-state index in [1.165, 1.54) is 4.90 Å². The van der Waals surface area contributed by atoms with Crippen LogP contribution in [0.3, 0.4) is 0 Å². The number of hydrogen-bond acceptors (Lipinski definition) is 4. The number of nitrogens with zero attached hydrogens (tertiary/aromatic N) is 3. The molecule has 2 aliphatic heterocycles. The number of aromatic nitrogens is 1. The summed E-state index contributed by atoms with van der Waals surface area (Å²) in [5.74, 6) is 0.948. The van der Waals surface area contributed by atoms with E-state index >= 15 is 0 Å². The van der Waals surface area contributed by atoms with Gasteiger partial charge >= 0.3 is 12.1 Å². The van der Waals surface area contributed by atoms with Crippen LogP contribution < -0.4 is 11.1 Å². The summed E-state index contributed by atoms with van der Waals surface area (Å²) in [4.78, 5) is 30.8. The molecular formula is C17H23N5O3. The van der Waals surface area contributed by atoms with Crippen molar-refractivity contribution in [2.45, 2.75) is 32.4 Å². The molecule has 1 spiro atoms. The zero-order valence-electron chi connectivity index (χ0n) is 14.1. The molecule has 0 bridgehead atoms. The predicted octanol–water partition coefficient (Wildman–Crippen LogP) is 1.47. The molecule has 4 N–H and O–H groups in total. The molecule has 4 rings (SSSR count). The number of pyridine rings is 1. The van der Waals surface area contributed by atoms with Gasteiger partial charge in [-0.05, 0) is 47.8 Å². The van der Waals surface area contributed by atoms with Gasteiger partial charge in [0.1, 0.15) is 5.82 Å². The van der Waals surface area contributed by atoms with Crippen LogP contribution in [0.5, 0.6) is 0 Å². The zero-order chi connectivity index (χ0) is 17.6. The van der Waals surface area contributed by atoms with E-state index in [1.807, 2.05) is 6.07 Å². The fourth-order valence-corrected chi connectivity index (χ4v) is 4.24. The molecule has 2 fully saturated rings. The molecule has 134 valence electrons. The average molecular weight is 345 g/mol. The van der Waals surface area contributed by atoms with Gasteiger partial charge in [-0.15, -0.1) is 0 Å². The third kappa shape index (κ3) is 2.96. The molecular weight excluding hydrogens is 322 g/mol. The SMILES string of the molecule is Nc1cc2c(cn1)CN(C(=O)NCC1CC13CCN(C(=O)O)CC3)C2. The zero-order valence-corrected chi connectivity index (χ0v) is 14.1. The van der Waals surface area contributed by atoms with Gasteiger partial charge in [-0.2, -0.15) is 0 Å². The highest BCUT2D eigenvalue weighted by molar-refractivity contribution is 5.75. The Morgan fingerprint density at radius 2 is 2.00 bits per heavy atom. The minimum Gasteiger partial charge on any atom is -0.465 e. The van der Waals surface area contributed by atoms with Crippen molar-refractivity contribution in [3.8, 4) is 0 Å². The summed E-state index contributed by atoms with van der Waals surface area (Å²) in [5.41, 5.74) is 8.05. The maximum absolute atomic E-state index is 12.4. The standard InChI is InChI=1S/C17H23N5O3/c18-14-5-11-9-22(10-12(11)7-19-14)15(23)20-8-13-6-17(13)1-3-21(4-2-17)16(24)25/h5,7,13H,1-4,6,8-10H2,(H2,18,19)(H,20,23)(H,24,25). The van der Waals surface area contributed by atoms with Crippen molar-refractivity contribution in [1.29, 1.82) is 0 Å². The third-order valence-electron chi connectivity index (χ3n) is 6.00. The Morgan fingerprint density at radius 1 is 1.28 bits per heavy atom. The molecule has 3 amide bonds. The van der Waals surface area contributed by atoms with Gasteiger partial charge in [0.25, 0.3) is 0 Å². The maximum Gasteiger partial charge on any atom is 0.407 e. The number of urea groups is 1. The summed E-state index contributed by atoms with van der Waals surface area (Å²) in [5, 5.41) is 12.1. The number of piperidine rings is 1. The Labute approximate surface area is 146 Å². The highest BCUT2D eigenvalue weighted by Crippen LogP contribution is 2.59. The highest BCUT2D eigenvalue weighted by Gasteiger charge is 2.54. The lowest BCUT2D eigenvalue weighted by molar-refractivity contribution is 0.117. The van der Waals surface area contributed by atoms with Gasteiger partial charge in [0.2, 0.25) is 0 Å². The van der Waals surface area contributed by atoms with Crippen LogP contribution in [-0.2, 0) is 13.1 Å². The van der Waals surface area contributed by atoms with Crippen LogP contribution in [0.15, 0.2) is 12.3 Å². The van der Waals surface area contributed by atoms with Crippen LogP contribution in [0.2, 0.25) is 0 Å². The van der Waals surface area contributed by atoms with Crippen molar-refractivity contribution in [3.63, 3.8) is 0 Å². The number of carboxylic acid groups (broad SMARTS) is 1. The van der Waals surface area contributed by atoms with Gasteiger partial charge in [0.05, 0.1) is 0 Å². The molecule has 1 unspecified atom stereocenters. The topological polar surface area (TPSA) is 112 Å². The molecule has 1 aliphatic carbocycles. The van der Waals surface area contributed by atoms with Crippen LogP contribution in [0, 0.1) is 11.3 Å². The van der Waals surface area contributed by atoms with Crippen molar-refractivity contribution in [3.05, 3.63) is 23.4 Å². The summed E-state index contributed by atoms with van der Waals surface area (Å²) < 4.78 is 0. The van der Waals surface area contributed by atoms with Crippen molar-refractivity contribution >= 4 is 17.9 Å². The lowest BCUT2D eigenvalue weighted by Crippen LogP contribution is -2.40. The van der Waals surface area contributed by atoms with E-state index in [-0.39, 0.29) is 11.4 Å². The average Bonchev–Trinajstić information content (AvgIpc) is 3.07. The summed E-state index contributed by atoms with van der Waals surface area (Å²) in [6, 6.07) is 1.77. The minimum absolute atomic E-state index is 0.0557. The molecule has 0 radical (unpaired) electrons. The molecule has 3 heterocycles. The van der Waals surface area contributed by atoms with E-state index in [2.05, 4.69) is 10.3 Å². The van der Waals surface area contributed by atoms with Gasteiger partial charge in [-0.3, -0.25) is 0 Å². The number of carbonyl (C=O) groups excluding carboxylic acids is 1. The molecule has 1 aromatic heterocycles. The molecule has 8 nitrogen and oxygen atoms in total. The number of likely N-dealkylation sites (tertiary alicyclic amines) is 1. The summed E-state index contributed by atoms with van der Waals surface area (Å²) >= 11 is 0. The van der Waals surface area contributed by atoms with Gasteiger partial charge in [-0.1, -0.05) is 0 Å². The van der Waals surface area contributed by atoms with E-state index in [4.69, 9.17) is 10.8 Å². The Bertz CT molecular complexity index is 714. The molecule has 1 saturated carbocycles. The lowest BCUT2D eigenvalue weighted by atomic mass is 9.91. The largest absolute Gasteiger partial charge is 0.465 e. The molecule has 25 heavy (non-hydrogen) atoms. The second-order valence-corrected chi connectivity index (χ2v) is 7.45. The van der Waals surface area contributed by atoms with Crippen molar-refractivity contribution in [2.75, 3.05) is 25.4 Å². The van der Waals surface area contributed by atoms with Crippen molar-refractivity contribution in [2.24, 2.45) is 11.3 Å². The first-order valence-electron chi connectivity index (χ1n) is 8.71. The van der Waals surface area contributed by atoms with Crippen LogP contribution in [0.4, 0.5) is 15.4 Å². The molecule has 1 aromatic rings. The van der Waals surface area contributed by atoms with Gasteiger partial charge in [0, 0.05) is 38.9 Å². The number of amides is 3. The van der Waals surface area contributed by atoms with Crippen LogP contribution in [0.25, 0.3) is 0 Å². The number of nitrogens with two attached hydrogens (primary N) is 1. The van der Waals surface area contributed by atoms with E-state index in [1.54, 1.807) is 11.1 Å². The number of nitrogen functional groups attached to an aromatic ring is 1. The van der Waals surface area contributed by atoms with Gasteiger partial charge < -0.3 is 26.0 Å². The predicted molar refractivity (Wildman–Crippen MR) is 90.7 cm³/mol. The number of nitrogens with one attached hydrogen (secondary N) is 1. The Balaban J connectivity index is 1.25. The monoisotopic (exact) mass is 345 g/mol. The van der Waals surface area contributed by atoms with E-state index in [0.717, 1.165) is 30.4 Å². The number of anilines is 1. The number of hydrogen-bond donors (Lipinski definition) is 3. The first-order chi connectivity index (χ1) is 12.0. The maximum atomic E-state index is 12.4. The molecule has 3 aliphatic rings. The second kappa shape index (κ2) is 5.79. The number of rotatable bonds is 2. The van der Waals surface area contributed by atoms with Gasteiger partial charge in [-0.25, -0.2) is 14.6 Å². The summed E-state index contributed by atoms with van der Waals surface area (Å²) in [6.07, 6.45) is 3.80. The molecule has 8 heteroatoms. The first-order valence-corrected chi connectivity index (χ1v) is 8.71. The fourth-order valence-electron chi connectivity index (χ4n) is 4.24. The Kier molecular flexibility index (Phi) is 3.70. The smallest absolute Gasteiger partial charge is 0.407 e. The minimum atomic E-state index is -0.830. The first kappa shape index (κ1) is 16.0. The Morgan fingerprint density at radius 3 is 2.72 bits per heavy atom. The lowest BCUT2D eigenvalue weighted by Gasteiger charge is -2.31. The third-order valence-corrected chi connectivity index (χ3v) is 6.00. The normalized spacial score (nSPS) is 23.4. The van der Waals surface area contributed by atoms with Crippen molar-refractivity contribution in [1.82, 2.24) is 20.1 Å². The number of fused-ring (bicyclic) bond motifs is 1. The van der Waals surface area contributed by atoms with E-state index in [9.17, 15) is 9.59 Å². The summed E-state index contributed by atoms with van der Waals surface area (Å²) in [6.45, 7) is 3.01.